The van der Waals surface area contributed by atoms with Crippen LogP contribution in [0.15, 0.2) is 17.6 Å². The fraction of sp³-hybridized carbons (Fsp3) is 0.700. The van der Waals surface area contributed by atoms with Gasteiger partial charge in [-0.1, -0.05) is 6.08 Å². The van der Waals surface area contributed by atoms with Gasteiger partial charge in [-0.15, -0.1) is 6.58 Å². The molecule has 0 saturated carbocycles. The molecule has 1 atom stereocenters. The van der Waals surface area contributed by atoms with E-state index in [1.54, 1.807) is 0 Å². The molecule has 0 amide bonds. The molecule has 0 saturated heterocycles. The second-order valence-corrected chi connectivity index (χ2v) is 3.11. The van der Waals surface area contributed by atoms with E-state index in [0.717, 1.165) is 25.5 Å². The van der Waals surface area contributed by atoms with E-state index in [-0.39, 0.29) is 0 Å². The van der Waals surface area contributed by atoms with Gasteiger partial charge in [-0.25, -0.2) is 0 Å². The molecule has 0 bridgehead atoms. The summed E-state index contributed by atoms with van der Waals surface area (Å²) in [5.41, 5.74) is 0. The zero-order chi connectivity index (χ0) is 9.68. The zero-order valence-corrected chi connectivity index (χ0v) is 8.49. The first-order valence-electron chi connectivity index (χ1n) is 4.81. The van der Waals surface area contributed by atoms with Crippen molar-refractivity contribution in [2.24, 2.45) is 4.99 Å². The lowest BCUT2D eigenvalue weighted by molar-refractivity contribution is 0.216. The Morgan fingerprint density at radius 3 is 3.15 bits per heavy atom. The molecule has 0 spiro atoms. The van der Waals surface area contributed by atoms with Crippen molar-refractivity contribution in [1.29, 1.82) is 0 Å². The molecule has 1 aliphatic rings. The van der Waals surface area contributed by atoms with Gasteiger partial charge in [-0.3, -0.25) is 9.89 Å². The van der Waals surface area contributed by atoms with E-state index in [9.17, 15) is 0 Å². The third-order valence-electron chi connectivity index (χ3n) is 2.22. The minimum absolute atomic E-state index is 0.298. The summed E-state index contributed by atoms with van der Waals surface area (Å²) < 4.78 is 5.45. The van der Waals surface area contributed by atoms with Crippen molar-refractivity contribution < 1.29 is 4.74 Å². The van der Waals surface area contributed by atoms with E-state index in [2.05, 4.69) is 23.4 Å². The molecule has 0 radical (unpaired) electrons. The van der Waals surface area contributed by atoms with Gasteiger partial charge < -0.3 is 4.74 Å². The summed E-state index contributed by atoms with van der Waals surface area (Å²) in [7, 11) is 0. The molecular weight excluding hydrogens is 164 g/mol. The van der Waals surface area contributed by atoms with Crippen LogP contribution in [0.3, 0.4) is 0 Å². The summed E-state index contributed by atoms with van der Waals surface area (Å²) in [6.07, 6.45) is 1.92. The molecule has 1 heterocycles. The standard InChI is InChI=1S/C10H18N2O/c1-4-7-12-8-6-11-10(9(12)3)13-5-2/h4,9H,1,5-8H2,2-3H3/t9-/m1/s1. The van der Waals surface area contributed by atoms with Crippen LogP contribution >= 0.6 is 0 Å². The molecule has 1 aliphatic heterocycles. The number of hydrogen-bond acceptors (Lipinski definition) is 3. The van der Waals surface area contributed by atoms with Crippen LogP contribution < -0.4 is 0 Å². The Labute approximate surface area is 80.1 Å². The summed E-state index contributed by atoms with van der Waals surface area (Å²) >= 11 is 0. The summed E-state index contributed by atoms with van der Waals surface area (Å²) in [5.74, 6) is 0.871. The maximum Gasteiger partial charge on any atom is 0.200 e. The number of rotatable bonds is 3. The fourth-order valence-electron chi connectivity index (χ4n) is 1.50. The Morgan fingerprint density at radius 1 is 1.77 bits per heavy atom. The van der Waals surface area contributed by atoms with Gasteiger partial charge in [0, 0.05) is 13.1 Å². The first-order valence-corrected chi connectivity index (χ1v) is 4.81. The average molecular weight is 182 g/mol. The van der Waals surface area contributed by atoms with Crippen molar-refractivity contribution in [3.63, 3.8) is 0 Å². The van der Waals surface area contributed by atoms with Gasteiger partial charge in [0.1, 0.15) is 0 Å². The van der Waals surface area contributed by atoms with Crippen LogP contribution in [-0.2, 0) is 4.74 Å². The molecule has 0 fully saturated rings. The Bertz CT molecular complexity index is 201. The second kappa shape index (κ2) is 5.02. The van der Waals surface area contributed by atoms with Gasteiger partial charge in [-0.05, 0) is 13.8 Å². The van der Waals surface area contributed by atoms with Crippen molar-refractivity contribution in [3.05, 3.63) is 12.7 Å². The summed E-state index contributed by atoms with van der Waals surface area (Å²) in [6, 6.07) is 0.298. The highest BCUT2D eigenvalue weighted by Gasteiger charge is 2.22. The number of nitrogens with zero attached hydrogens (tertiary/aromatic N) is 2. The normalized spacial score (nSPS) is 23.8. The van der Waals surface area contributed by atoms with Crippen LogP contribution in [0.2, 0.25) is 0 Å². The molecule has 0 aromatic heterocycles. The van der Waals surface area contributed by atoms with Crippen molar-refractivity contribution in [2.75, 3.05) is 26.2 Å². The molecule has 74 valence electrons. The van der Waals surface area contributed by atoms with Crippen molar-refractivity contribution in [3.8, 4) is 0 Å². The summed E-state index contributed by atoms with van der Waals surface area (Å²) in [5, 5.41) is 0. The Hall–Kier alpha value is -0.830. The highest BCUT2D eigenvalue weighted by molar-refractivity contribution is 5.82. The Kier molecular flexibility index (Phi) is 3.96. The van der Waals surface area contributed by atoms with E-state index in [1.165, 1.54) is 0 Å². The largest absolute Gasteiger partial charge is 0.480 e. The highest BCUT2D eigenvalue weighted by Crippen LogP contribution is 2.08. The number of aliphatic imine (C=N–C) groups is 1. The Balaban J connectivity index is 2.56. The van der Waals surface area contributed by atoms with E-state index < -0.39 is 0 Å². The molecule has 3 nitrogen and oxygen atoms in total. The minimum atomic E-state index is 0.298. The lowest BCUT2D eigenvalue weighted by Gasteiger charge is -2.31. The summed E-state index contributed by atoms with van der Waals surface area (Å²) in [4.78, 5) is 6.66. The van der Waals surface area contributed by atoms with Crippen LogP contribution in [0.5, 0.6) is 0 Å². The van der Waals surface area contributed by atoms with E-state index in [1.807, 2.05) is 13.0 Å². The third-order valence-corrected chi connectivity index (χ3v) is 2.22. The molecule has 0 N–H and O–H groups in total. The lowest BCUT2D eigenvalue weighted by Crippen LogP contribution is -2.45. The van der Waals surface area contributed by atoms with Gasteiger partial charge in [0.25, 0.3) is 0 Å². The van der Waals surface area contributed by atoms with Crippen LogP contribution in [0, 0.1) is 0 Å². The second-order valence-electron chi connectivity index (χ2n) is 3.11. The Morgan fingerprint density at radius 2 is 2.54 bits per heavy atom. The van der Waals surface area contributed by atoms with Crippen molar-refractivity contribution >= 4 is 5.90 Å². The topological polar surface area (TPSA) is 24.8 Å². The van der Waals surface area contributed by atoms with Crippen LogP contribution in [0.25, 0.3) is 0 Å². The first kappa shape index (κ1) is 10.3. The molecule has 13 heavy (non-hydrogen) atoms. The molecule has 0 aromatic carbocycles. The quantitative estimate of drug-likeness (QED) is 0.615. The molecule has 0 aromatic rings. The SMILES string of the molecule is C=CCN1CCN=C(OCC)[C@H]1C. The van der Waals surface area contributed by atoms with Crippen LogP contribution in [0.1, 0.15) is 13.8 Å². The number of hydrogen-bond donors (Lipinski definition) is 0. The lowest BCUT2D eigenvalue weighted by atomic mass is 10.2. The van der Waals surface area contributed by atoms with Crippen LogP contribution in [-0.4, -0.2) is 43.1 Å². The van der Waals surface area contributed by atoms with Crippen molar-refractivity contribution in [1.82, 2.24) is 4.90 Å². The van der Waals surface area contributed by atoms with Crippen molar-refractivity contribution in [2.45, 2.75) is 19.9 Å². The van der Waals surface area contributed by atoms with E-state index in [0.29, 0.717) is 12.6 Å². The third kappa shape index (κ3) is 2.56. The van der Waals surface area contributed by atoms with Gasteiger partial charge in [0.05, 0.1) is 19.2 Å². The molecule has 1 rings (SSSR count). The fourth-order valence-corrected chi connectivity index (χ4v) is 1.50. The van der Waals surface area contributed by atoms with E-state index >= 15 is 0 Å². The molecule has 0 unspecified atom stereocenters. The molecule has 3 heteroatoms. The maximum atomic E-state index is 5.45. The van der Waals surface area contributed by atoms with Gasteiger partial charge >= 0.3 is 0 Å². The van der Waals surface area contributed by atoms with E-state index in [4.69, 9.17) is 4.74 Å². The average Bonchev–Trinajstić information content (AvgIpc) is 2.13. The zero-order valence-electron chi connectivity index (χ0n) is 8.49. The minimum Gasteiger partial charge on any atom is -0.480 e. The monoisotopic (exact) mass is 182 g/mol. The van der Waals surface area contributed by atoms with Crippen LogP contribution in [0.4, 0.5) is 0 Å². The summed E-state index contributed by atoms with van der Waals surface area (Å²) in [6.45, 7) is 11.3. The molecular formula is C10H18N2O. The van der Waals surface area contributed by atoms with Gasteiger partial charge in [0.15, 0.2) is 0 Å². The van der Waals surface area contributed by atoms with Gasteiger partial charge in [-0.2, -0.15) is 0 Å². The molecule has 0 aliphatic carbocycles. The maximum absolute atomic E-state index is 5.45. The predicted octanol–water partition coefficient (Wildman–Crippen LogP) is 1.31. The smallest absolute Gasteiger partial charge is 0.200 e. The van der Waals surface area contributed by atoms with Gasteiger partial charge in [0.2, 0.25) is 5.90 Å². The highest BCUT2D eigenvalue weighted by atomic mass is 16.5. The number of ether oxygens (including phenoxy) is 1. The first-order chi connectivity index (χ1) is 6.29. The predicted molar refractivity (Wildman–Crippen MR) is 55.2 cm³/mol.